The van der Waals surface area contributed by atoms with Crippen molar-refractivity contribution in [2.24, 2.45) is 0 Å². The van der Waals surface area contributed by atoms with Crippen LogP contribution in [-0.4, -0.2) is 10.9 Å². The molecule has 0 atom stereocenters. The highest BCUT2D eigenvalue weighted by atomic mass is 32.1. The van der Waals surface area contributed by atoms with Gasteiger partial charge in [0, 0.05) is 11.1 Å². The number of hydrogen-bond acceptors (Lipinski definition) is 4. The van der Waals surface area contributed by atoms with Crippen molar-refractivity contribution in [2.45, 2.75) is 19.5 Å². The van der Waals surface area contributed by atoms with Gasteiger partial charge in [-0.05, 0) is 24.6 Å². The zero-order valence-corrected chi connectivity index (χ0v) is 11.8. The van der Waals surface area contributed by atoms with Crippen molar-refractivity contribution < 1.29 is 18.0 Å². The maximum Gasteiger partial charge on any atom is 0.416 e. The number of hydrogen-bond donors (Lipinski definition) is 2. The lowest BCUT2D eigenvalue weighted by Crippen LogP contribution is -2.16. The molecule has 0 aliphatic rings. The average Bonchev–Trinajstić information content (AvgIpc) is 2.75. The summed E-state index contributed by atoms with van der Waals surface area (Å²) < 4.78 is 38.3. The van der Waals surface area contributed by atoms with E-state index in [1.54, 1.807) is 5.38 Å². The van der Waals surface area contributed by atoms with Gasteiger partial charge in [-0.15, -0.1) is 11.3 Å². The van der Waals surface area contributed by atoms with Crippen LogP contribution in [0.1, 0.15) is 16.8 Å². The minimum absolute atomic E-state index is 0.0388. The van der Waals surface area contributed by atoms with Crippen LogP contribution < -0.4 is 11.1 Å². The molecule has 0 saturated carbocycles. The maximum atomic E-state index is 12.8. The second-order valence-corrected chi connectivity index (χ2v) is 5.32. The molecule has 0 spiro atoms. The van der Waals surface area contributed by atoms with Crippen molar-refractivity contribution in [3.63, 3.8) is 0 Å². The van der Waals surface area contributed by atoms with Crippen molar-refractivity contribution in [3.05, 3.63) is 40.4 Å². The highest BCUT2D eigenvalue weighted by Gasteiger charge is 2.32. The highest BCUT2D eigenvalue weighted by molar-refractivity contribution is 7.13. The number of nitrogens with one attached hydrogen (secondary N) is 1. The van der Waals surface area contributed by atoms with Crippen molar-refractivity contribution in [2.75, 3.05) is 11.1 Å². The van der Waals surface area contributed by atoms with Gasteiger partial charge in [0.2, 0.25) is 5.91 Å². The Labute approximate surface area is 122 Å². The normalized spacial score (nSPS) is 11.4. The number of nitrogens with two attached hydrogens (primary N) is 1. The minimum Gasteiger partial charge on any atom is -0.375 e. The van der Waals surface area contributed by atoms with E-state index >= 15 is 0 Å². The van der Waals surface area contributed by atoms with Crippen molar-refractivity contribution in [1.29, 1.82) is 0 Å². The largest absolute Gasteiger partial charge is 0.416 e. The fourth-order valence-electron chi connectivity index (χ4n) is 1.78. The molecule has 1 aromatic carbocycles. The Hall–Kier alpha value is -2.09. The Bertz CT molecular complexity index is 667. The lowest BCUT2D eigenvalue weighted by atomic mass is 10.1. The summed E-state index contributed by atoms with van der Waals surface area (Å²) in [4.78, 5) is 15.7. The van der Waals surface area contributed by atoms with E-state index in [0.717, 1.165) is 6.07 Å². The zero-order valence-electron chi connectivity index (χ0n) is 11.0. The Morgan fingerprint density at radius 2 is 2.14 bits per heavy atom. The quantitative estimate of drug-likeness (QED) is 0.913. The second kappa shape index (κ2) is 5.72. The van der Waals surface area contributed by atoms with Gasteiger partial charge in [0.05, 0.1) is 17.7 Å². The monoisotopic (exact) mass is 315 g/mol. The third kappa shape index (κ3) is 3.94. The van der Waals surface area contributed by atoms with Crippen LogP contribution in [0.2, 0.25) is 0 Å². The van der Waals surface area contributed by atoms with Crippen LogP contribution in [0.4, 0.5) is 24.0 Å². The summed E-state index contributed by atoms with van der Waals surface area (Å²) in [6, 6.07) is 3.67. The van der Waals surface area contributed by atoms with Gasteiger partial charge < -0.3 is 11.1 Å². The van der Waals surface area contributed by atoms with Crippen molar-refractivity contribution in [3.8, 4) is 0 Å². The van der Waals surface area contributed by atoms with E-state index in [0.29, 0.717) is 10.8 Å². The van der Waals surface area contributed by atoms with Gasteiger partial charge in [-0.3, -0.25) is 4.79 Å². The van der Waals surface area contributed by atoms with Crippen LogP contribution in [0.15, 0.2) is 23.6 Å². The molecule has 0 saturated heterocycles. The first kappa shape index (κ1) is 15.3. The van der Waals surface area contributed by atoms with E-state index in [-0.39, 0.29) is 17.7 Å². The molecule has 4 nitrogen and oxygen atoms in total. The minimum atomic E-state index is -4.45. The molecule has 0 bridgehead atoms. The first-order valence-electron chi connectivity index (χ1n) is 5.93. The number of amides is 1. The average molecular weight is 315 g/mol. The molecule has 1 heterocycles. The molecule has 3 N–H and O–H groups in total. The maximum absolute atomic E-state index is 12.8. The Balaban J connectivity index is 2.11. The second-order valence-electron chi connectivity index (χ2n) is 4.43. The van der Waals surface area contributed by atoms with Crippen molar-refractivity contribution >= 4 is 28.1 Å². The van der Waals surface area contributed by atoms with Gasteiger partial charge in [0.1, 0.15) is 0 Å². The van der Waals surface area contributed by atoms with Crippen LogP contribution in [0.5, 0.6) is 0 Å². The molecule has 2 rings (SSSR count). The Kier molecular flexibility index (Phi) is 4.17. The van der Waals surface area contributed by atoms with Crippen LogP contribution in [0.25, 0.3) is 0 Å². The lowest BCUT2D eigenvalue weighted by molar-refractivity contribution is -0.138. The van der Waals surface area contributed by atoms with E-state index in [9.17, 15) is 18.0 Å². The summed E-state index contributed by atoms with van der Waals surface area (Å²) in [6.07, 6.45) is -4.49. The SMILES string of the molecule is Cc1ccc(NC(=O)Cc2csc(N)n2)cc1C(F)(F)F. The number of anilines is 2. The first-order chi connectivity index (χ1) is 9.75. The smallest absolute Gasteiger partial charge is 0.375 e. The van der Waals surface area contributed by atoms with Gasteiger partial charge in [-0.25, -0.2) is 4.98 Å². The predicted octanol–water partition coefficient (Wildman–Crippen LogP) is 3.23. The van der Waals surface area contributed by atoms with Gasteiger partial charge in [-0.2, -0.15) is 13.2 Å². The molecule has 21 heavy (non-hydrogen) atoms. The van der Waals surface area contributed by atoms with Crippen LogP contribution >= 0.6 is 11.3 Å². The zero-order chi connectivity index (χ0) is 15.6. The number of carbonyl (C=O) groups excluding carboxylic acids is 1. The standard InChI is InChI=1S/C13H12F3N3OS/c1-7-2-3-8(4-10(7)13(14,15)16)18-11(20)5-9-6-21-12(17)19-9/h2-4,6H,5H2,1H3,(H2,17,19)(H,18,20). The van der Waals surface area contributed by atoms with Gasteiger partial charge in [0.25, 0.3) is 0 Å². The summed E-state index contributed by atoms with van der Waals surface area (Å²) in [5.74, 6) is -0.447. The summed E-state index contributed by atoms with van der Waals surface area (Å²) in [5, 5.41) is 4.39. The van der Waals surface area contributed by atoms with E-state index in [2.05, 4.69) is 10.3 Å². The van der Waals surface area contributed by atoms with Crippen LogP contribution in [-0.2, 0) is 17.4 Å². The number of carbonyl (C=O) groups is 1. The number of aryl methyl sites for hydroxylation is 1. The molecule has 0 aliphatic carbocycles. The third-order valence-corrected chi connectivity index (χ3v) is 3.46. The highest BCUT2D eigenvalue weighted by Crippen LogP contribution is 2.33. The number of aromatic nitrogens is 1. The molecule has 1 amide bonds. The Morgan fingerprint density at radius 3 is 2.71 bits per heavy atom. The van der Waals surface area contributed by atoms with Gasteiger partial charge >= 0.3 is 6.18 Å². The molecule has 0 fully saturated rings. The fourth-order valence-corrected chi connectivity index (χ4v) is 2.34. The molecular formula is C13H12F3N3OS. The molecular weight excluding hydrogens is 303 g/mol. The van der Waals surface area contributed by atoms with Crippen LogP contribution in [0.3, 0.4) is 0 Å². The van der Waals surface area contributed by atoms with E-state index in [1.165, 1.54) is 30.4 Å². The molecule has 0 radical (unpaired) electrons. The number of thiazole rings is 1. The third-order valence-electron chi connectivity index (χ3n) is 2.74. The van der Waals surface area contributed by atoms with Crippen molar-refractivity contribution in [1.82, 2.24) is 4.98 Å². The number of nitrogens with zero attached hydrogens (tertiary/aromatic N) is 1. The van der Waals surface area contributed by atoms with Gasteiger partial charge in [0.15, 0.2) is 5.13 Å². The number of nitrogen functional groups attached to an aromatic ring is 1. The predicted molar refractivity (Wildman–Crippen MR) is 75.0 cm³/mol. The van der Waals surface area contributed by atoms with E-state index in [4.69, 9.17) is 5.73 Å². The fraction of sp³-hybridized carbons (Fsp3) is 0.231. The van der Waals surface area contributed by atoms with E-state index in [1.807, 2.05) is 0 Å². The number of rotatable bonds is 3. The molecule has 8 heteroatoms. The Morgan fingerprint density at radius 1 is 1.43 bits per heavy atom. The first-order valence-corrected chi connectivity index (χ1v) is 6.81. The van der Waals surface area contributed by atoms with E-state index < -0.39 is 17.6 Å². The summed E-state index contributed by atoms with van der Waals surface area (Å²) in [5.41, 5.74) is 5.36. The number of alkyl halides is 3. The number of halogens is 3. The molecule has 0 aliphatic heterocycles. The summed E-state index contributed by atoms with van der Waals surface area (Å²) in [7, 11) is 0. The van der Waals surface area contributed by atoms with Crippen LogP contribution in [0, 0.1) is 6.92 Å². The topological polar surface area (TPSA) is 68.0 Å². The molecule has 2 aromatic rings. The number of benzene rings is 1. The summed E-state index contributed by atoms with van der Waals surface area (Å²) in [6.45, 7) is 1.37. The van der Waals surface area contributed by atoms with Gasteiger partial charge in [-0.1, -0.05) is 6.07 Å². The molecule has 112 valence electrons. The molecule has 1 aromatic heterocycles. The molecule has 0 unspecified atom stereocenters. The summed E-state index contributed by atoms with van der Waals surface area (Å²) >= 11 is 1.20. The lowest BCUT2D eigenvalue weighted by Gasteiger charge is -2.12.